The van der Waals surface area contributed by atoms with Crippen molar-refractivity contribution >= 4 is 35.4 Å². The van der Waals surface area contributed by atoms with Gasteiger partial charge < -0.3 is 76.5 Å². The number of aliphatic hydroxyl groups excluding tert-OH is 3. The summed E-state index contributed by atoms with van der Waals surface area (Å²) in [6.45, 7) is 2.69. The summed E-state index contributed by atoms with van der Waals surface area (Å²) in [6, 6.07) is 0. The van der Waals surface area contributed by atoms with Gasteiger partial charge in [-0.2, -0.15) is 0 Å². The Bertz CT molecular complexity index is 1620. The first-order chi connectivity index (χ1) is 32.8. The van der Waals surface area contributed by atoms with Crippen LogP contribution in [-0.4, -0.2) is 83.2 Å². The van der Waals surface area contributed by atoms with Gasteiger partial charge in [-0.15, -0.1) is 0 Å². The van der Waals surface area contributed by atoms with Crippen molar-refractivity contribution < 1.29 is 238 Å². The van der Waals surface area contributed by atoms with Crippen molar-refractivity contribution in [2.24, 2.45) is 0 Å². The summed E-state index contributed by atoms with van der Waals surface area (Å²) in [7, 11) is -18.0. The van der Waals surface area contributed by atoms with E-state index >= 15 is 0 Å². The Labute approximate surface area is 552 Å². The summed E-state index contributed by atoms with van der Waals surface area (Å²) in [5, 5.41) is 31.5. The number of carbonyl (C=O) groups excluding carboxylic acids is 2. The van der Waals surface area contributed by atoms with Crippen molar-refractivity contribution in [1.82, 2.24) is 0 Å². The molecule has 0 radical (unpaired) electrons. The number of hydrogen-bond acceptors (Lipinski definition) is 19. The Hall–Kier alpha value is 3.11. The molecule has 0 amide bonds. The van der Waals surface area contributed by atoms with Crippen LogP contribution in [0.4, 0.5) is 0 Å². The molecule has 19 nitrogen and oxygen atoms in total. The minimum atomic E-state index is -6.11. The third-order valence-corrected chi connectivity index (χ3v) is 13.1. The van der Waals surface area contributed by atoms with Crippen molar-refractivity contribution in [2.45, 2.75) is 224 Å². The van der Waals surface area contributed by atoms with Crippen LogP contribution < -0.4 is 172 Å². The smallest absolute Gasteiger partial charge is 0.790 e. The largest absolute Gasteiger partial charge is 1.00 e. The molecule has 8 atom stereocenters. The summed E-state index contributed by atoms with van der Waals surface area (Å²) in [4.78, 5) is 83.7. The summed E-state index contributed by atoms with van der Waals surface area (Å²) >= 11 is 0. The molecule has 0 aromatic heterocycles. The average molecular weight is 1160 g/mol. The molecule has 1 rings (SSSR count). The van der Waals surface area contributed by atoms with Gasteiger partial charge in [-0.25, -0.2) is 0 Å². The standard InChI is InChI=1S/C47H85O19P3.5Na/c1-3-5-7-9-11-13-15-17-19-20-22-24-26-28-30-32-34-36-41(49)63-39(37-61-40(48)35-33-31-29-27-25-23-21-18-16-14-12-10-8-6-4-2)38-62-69(59,60)66-47-43(51)45(64-67(53,54)55)42(50)46(44(47)52)65-68(56,57)58;;;;;/h11,13,17,19,22,24,28,30,39,42-47,50-52H,3-10,12,14-16,18,20-21,23,25-27,29,31-38H2,1-2H3,(H,59,60)(H2,53,54,55)(H2,56,57,58);;;;;/q;5*+1/p-5/b13-11-,19-17-,24-22-,30-28-;;;;;/t39-,42?,43-,44-,45-,46+,47?;;;;;/m1...../s1. The molecule has 3 unspecified atom stereocenters. The monoisotopic (exact) mass is 1160 g/mol. The van der Waals surface area contributed by atoms with Crippen LogP contribution in [0.3, 0.4) is 0 Å². The number of hydrogen-bond donors (Lipinski definition) is 3. The van der Waals surface area contributed by atoms with Gasteiger partial charge in [-0.1, -0.05) is 165 Å². The molecule has 1 aliphatic carbocycles. The Kier molecular flexibility index (Phi) is 61.4. The molecule has 1 aliphatic rings. The van der Waals surface area contributed by atoms with E-state index in [9.17, 15) is 63.1 Å². The second-order valence-corrected chi connectivity index (χ2v) is 20.9. The van der Waals surface area contributed by atoms with Crippen LogP contribution in [0.2, 0.25) is 0 Å². The number of allylic oxidation sites excluding steroid dienone is 8. The minimum absolute atomic E-state index is 0. The summed E-state index contributed by atoms with van der Waals surface area (Å²) in [5.74, 6) is -1.45. The molecule has 1 fully saturated rings. The predicted molar refractivity (Wildman–Crippen MR) is 250 cm³/mol. The second kappa shape index (κ2) is 52.9. The zero-order valence-electron chi connectivity index (χ0n) is 45.7. The average Bonchev–Trinajstić information content (AvgIpc) is 3.28. The molecule has 0 aromatic rings. The van der Waals surface area contributed by atoms with Crippen LogP contribution in [0, 0.1) is 0 Å². The third kappa shape index (κ3) is 47.6. The number of aliphatic hydroxyl groups is 3. The van der Waals surface area contributed by atoms with Crippen molar-refractivity contribution in [1.29, 1.82) is 0 Å². The van der Waals surface area contributed by atoms with Crippen molar-refractivity contribution in [2.75, 3.05) is 13.2 Å². The molecule has 74 heavy (non-hydrogen) atoms. The van der Waals surface area contributed by atoms with Crippen molar-refractivity contribution in [3.63, 3.8) is 0 Å². The minimum Gasteiger partial charge on any atom is -0.790 e. The van der Waals surface area contributed by atoms with E-state index in [-0.39, 0.29) is 161 Å². The number of phosphoric acid groups is 3. The van der Waals surface area contributed by atoms with Gasteiger partial charge in [0, 0.05) is 12.8 Å². The molecule has 27 heteroatoms. The summed E-state index contributed by atoms with van der Waals surface area (Å²) in [5.41, 5.74) is 0. The molecule has 402 valence electrons. The predicted octanol–water partition coefficient (Wildman–Crippen LogP) is -8.74. The molecule has 0 saturated heterocycles. The van der Waals surface area contributed by atoms with Gasteiger partial charge in [-0.05, 0) is 51.4 Å². The maximum atomic E-state index is 13.0. The fourth-order valence-electron chi connectivity index (χ4n) is 7.38. The first-order valence-corrected chi connectivity index (χ1v) is 29.2. The van der Waals surface area contributed by atoms with Gasteiger partial charge >= 0.3 is 160 Å². The van der Waals surface area contributed by atoms with E-state index in [0.29, 0.717) is 25.7 Å². The van der Waals surface area contributed by atoms with Crippen LogP contribution in [0.15, 0.2) is 48.6 Å². The first kappa shape index (κ1) is 85.9. The maximum absolute atomic E-state index is 13.0. The van der Waals surface area contributed by atoms with Gasteiger partial charge in [0.05, 0.1) is 22.3 Å². The van der Waals surface area contributed by atoms with Crippen LogP contribution in [-0.2, 0) is 50.9 Å². The van der Waals surface area contributed by atoms with E-state index in [4.69, 9.17) is 14.0 Å². The van der Waals surface area contributed by atoms with Gasteiger partial charge in [0.25, 0.3) is 7.82 Å². The van der Waals surface area contributed by atoms with E-state index in [1.54, 1.807) is 0 Å². The van der Waals surface area contributed by atoms with Crippen molar-refractivity contribution in [3.05, 3.63) is 48.6 Å². The quantitative estimate of drug-likeness (QED) is 0.0168. The normalized spacial score (nSPS) is 20.2. The Morgan fingerprint density at radius 2 is 0.797 bits per heavy atom. The molecule has 0 spiro atoms. The molecule has 3 N–H and O–H groups in total. The fraction of sp³-hybridized carbons (Fsp3) is 0.787. The third-order valence-electron chi connectivity index (χ3n) is 11.1. The van der Waals surface area contributed by atoms with Gasteiger partial charge in [0.15, 0.2) is 6.10 Å². The van der Waals surface area contributed by atoms with Crippen molar-refractivity contribution in [3.8, 4) is 0 Å². The SMILES string of the molecule is CCCCC/C=C\C/C=C\C/C=C\C/C=C\CCCC(=O)O[C@H](COC(=O)CCCCCCCCCCCCCCCCC)COP(=O)([O-])OC1[C@H](O)[C@H](OP(=O)([O-])[O-])C(O)[C@H](OP(=O)([O-])[O-])[C@H]1O.[Na+].[Na+].[Na+].[Na+].[Na+]. The number of esters is 2. The van der Waals surface area contributed by atoms with Gasteiger partial charge in [-0.3, -0.25) is 14.2 Å². The van der Waals surface area contributed by atoms with Crippen LogP contribution in [0.25, 0.3) is 0 Å². The van der Waals surface area contributed by atoms with E-state index in [1.807, 2.05) is 18.2 Å². The summed E-state index contributed by atoms with van der Waals surface area (Å²) in [6.07, 6.45) is 23.8. The van der Waals surface area contributed by atoms with E-state index in [1.165, 1.54) is 83.5 Å². The molecule has 0 bridgehead atoms. The van der Waals surface area contributed by atoms with E-state index in [0.717, 1.165) is 44.9 Å². The first-order valence-electron chi connectivity index (χ1n) is 24.8. The maximum Gasteiger partial charge on any atom is 1.00 e. The van der Waals surface area contributed by atoms with Gasteiger partial charge in [0.1, 0.15) is 43.2 Å². The number of rotatable bonds is 42. The van der Waals surface area contributed by atoms with E-state index < -0.39 is 91.3 Å². The van der Waals surface area contributed by atoms with Crippen LogP contribution in [0.1, 0.15) is 181 Å². The van der Waals surface area contributed by atoms with Gasteiger partial charge in [0.2, 0.25) is 0 Å². The zero-order chi connectivity index (χ0) is 51.4. The topological polar surface area (TPSA) is 317 Å². The number of phosphoric ester groups is 3. The molecular weight excluding hydrogens is 1080 g/mol. The van der Waals surface area contributed by atoms with Crippen LogP contribution >= 0.6 is 23.5 Å². The van der Waals surface area contributed by atoms with E-state index in [2.05, 4.69) is 57.8 Å². The van der Waals surface area contributed by atoms with Crippen LogP contribution in [0.5, 0.6) is 0 Å². The molecule has 0 aromatic carbocycles. The second-order valence-electron chi connectivity index (χ2n) is 17.3. The summed E-state index contributed by atoms with van der Waals surface area (Å²) < 4.78 is 63.8. The Morgan fingerprint density at radius 1 is 0.459 bits per heavy atom. The fourth-order valence-corrected chi connectivity index (χ4v) is 9.43. The number of unbranched alkanes of at least 4 members (excludes halogenated alkanes) is 18. The Balaban J connectivity index is -0.00000317. The molecule has 1 saturated carbocycles. The zero-order valence-corrected chi connectivity index (χ0v) is 58.4. The Morgan fingerprint density at radius 3 is 1.20 bits per heavy atom. The number of carbonyl (C=O) groups is 2. The molecule has 0 aliphatic heterocycles. The molecule has 0 heterocycles. The molecular formula is C47H80Na5O19P3. The number of ether oxygens (including phenoxy) is 2.